The first-order chi connectivity index (χ1) is 9.65. The van der Waals surface area contributed by atoms with Crippen LogP contribution in [0.5, 0.6) is 0 Å². The quantitative estimate of drug-likeness (QED) is 0.643. The van der Waals surface area contributed by atoms with Gasteiger partial charge in [0.15, 0.2) is 0 Å². The van der Waals surface area contributed by atoms with E-state index < -0.39 is 0 Å². The SMILES string of the molecule is Clc1ccc(-c2cc(-c3c(Cl)cccc3Cl)[nH]n2)cc1. The zero-order chi connectivity index (χ0) is 14.1. The number of nitrogens with zero attached hydrogens (tertiary/aromatic N) is 1. The highest BCUT2D eigenvalue weighted by molar-refractivity contribution is 6.39. The fraction of sp³-hybridized carbons (Fsp3) is 0. The van der Waals surface area contributed by atoms with Crippen molar-refractivity contribution >= 4 is 34.8 Å². The van der Waals surface area contributed by atoms with E-state index in [1.807, 2.05) is 36.4 Å². The molecule has 20 heavy (non-hydrogen) atoms. The lowest BCUT2D eigenvalue weighted by atomic mass is 10.1. The largest absolute Gasteiger partial charge is 0.277 e. The van der Waals surface area contributed by atoms with Crippen molar-refractivity contribution in [3.8, 4) is 22.5 Å². The van der Waals surface area contributed by atoms with Gasteiger partial charge in [-0.05, 0) is 30.3 Å². The van der Waals surface area contributed by atoms with E-state index in [4.69, 9.17) is 34.8 Å². The first kappa shape index (κ1) is 13.5. The Morgan fingerprint density at radius 3 is 2.15 bits per heavy atom. The summed E-state index contributed by atoms with van der Waals surface area (Å²) in [5.41, 5.74) is 3.32. The molecule has 0 radical (unpaired) electrons. The van der Waals surface area contributed by atoms with Crippen LogP contribution in [0.1, 0.15) is 0 Å². The predicted molar refractivity (Wildman–Crippen MR) is 84.5 cm³/mol. The molecule has 0 aliphatic carbocycles. The molecule has 3 aromatic rings. The van der Waals surface area contributed by atoms with Crippen molar-refractivity contribution in [2.45, 2.75) is 0 Å². The average molecular weight is 324 g/mol. The minimum atomic E-state index is 0.587. The molecule has 0 saturated heterocycles. The fourth-order valence-corrected chi connectivity index (χ4v) is 2.70. The van der Waals surface area contributed by atoms with E-state index in [9.17, 15) is 0 Å². The Bertz CT molecular complexity index is 728. The van der Waals surface area contributed by atoms with Crippen LogP contribution in [0.2, 0.25) is 15.1 Å². The van der Waals surface area contributed by atoms with Crippen LogP contribution in [-0.4, -0.2) is 10.2 Å². The van der Waals surface area contributed by atoms with E-state index in [2.05, 4.69) is 10.2 Å². The molecule has 5 heteroatoms. The smallest absolute Gasteiger partial charge is 0.0927 e. The second kappa shape index (κ2) is 5.49. The van der Waals surface area contributed by atoms with Crippen molar-refractivity contribution in [3.63, 3.8) is 0 Å². The van der Waals surface area contributed by atoms with E-state index in [1.165, 1.54) is 0 Å². The maximum atomic E-state index is 6.19. The lowest BCUT2D eigenvalue weighted by molar-refractivity contribution is 1.10. The van der Waals surface area contributed by atoms with E-state index >= 15 is 0 Å². The highest BCUT2D eigenvalue weighted by atomic mass is 35.5. The van der Waals surface area contributed by atoms with Crippen LogP contribution in [-0.2, 0) is 0 Å². The summed E-state index contributed by atoms with van der Waals surface area (Å²) in [6.07, 6.45) is 0. The number of rotatable bonds is 2. The number of nitrogens with one attached hydrogen (secondary N) is 1. The second-order valence-corrected chi connectivity index (χ2v) is 5.52. The molecule has 0 atom stereocenters. The molecule has 2 aromatic carbocycles. The Balaban J connectivity index is 2.04. The third-order valence-electron chi connectivity index (χ3n) is 2.95. The molecule has 0 aliphatic heterocycles. The summed E-state index contributed by atoms with van der Waals surface area (Å²) < 4.78 is 0. The number of aromatic amines is 1. The molecule has 1 aromatic heterocycles. The number of hydrogen-bond acceptors (Lipinski definition) is 1. The normalized spacial score (nSPS) is 10.8. The molecule has 100 valence electrons. The molecular weight excluding hydrogens is 315 g/mol. The Hall–Kier alpha value is -1.48. The summed E-state index contributed by atoms with van der Waals surface area (Å²) >= 11 is 18.3. The van der Waals surface area contributed by atoms with Gasteiger partial charge in [0.25, 0.3) is 0 Å². The van der Waals surface area contributed by atoms with Crippen LogP contribution in [0.4, 0.5) is 0 Å². The Morgan fingerprint density at radius 2 is 1.50 bits per heavy atom. The highest BCUT2D eigenvalue weighted by Crippen LogP contribution is 2.34. The summed E-state index contributed by atoms with van der Waals surface area (Å²) in [4.78, 5) is 0. The van der Waals surface area contributed by atoms with Gasteiger partial charge >= 0.3 is 0 Å². The summed E-state index contributed by atoms with van der Waals surface area (Å²) in [5, 5.41) is 9.12. The third kappa shape index (κ3) is 2.55. The number of H-pyrrole nitrogens is 1. The van der Waals surface area contributed by atoms with Crippen LogP contribution in [0.3, 0.4) is 0 Å². The van der Waals surface area contributed by atoms with Gasteiger partial charge in [0.05, 0.1) is 21.4 Å². The lowest BCUT2D eigenvalue weighted by Gasteiger charge is -2.03. The van der Waals surface area contributed by atoms with Crippen LogP contribution >= 0.6 is 34.8 Å². The average Bonchev–Trinajstić information content (AvgIpc) is 2.89. The monoisotopic (exact) mass is 322 g/mol. The number of halogens is 3. The standard InChI is InChI=1S/C15H9Cl3N2/c16-10-6-4-9(5-7-10)13-8-14(20-19-13)15-11(17)2-1-3-12(15)18/h1-8H,(H,19,20). The molecule has 0 fully saturated rings. The minimum Gasteiger partial charge on any atom is -0.277 e. The number of benzene rings is 2. The van der Waals surface area contributed by atoms with Crippen LogP contribution in [0, 0.1) is 0 Å². The summed E-state index contributed by atoms with van der Waals surface area (Å²) in [6.45, 7) is 0. The van der Waals surface area contributed by atoms with Gasteiger partial charge in [-0.3, -0.25) is 5.10 Å². The molecule has 0 aliphatic rings. The zero-order valence-corrected chi connectivity index (χ0v) is 12.5. The molecule has 1 N–H and O–H groups in total. The predicted octanol–water partition coefficient (Wildman–Crippen LogP) is 5.70. The maximum absolute atomic E-state index is 6.19. The van der Waals surface area contributed by atoms with Gasteiger partial charge < -0.3 is 0 Å². The maximum Gasteiger partial charge on any atom is 0.0927 e. The van der Waals surface area contributed by atoms with Gasteiger partial charge in [0.1, 0.15) is 0 Å². The fourth-order valence-electron chi connectivity index (χ4n) is 1.97. The Labute approximate surface area is 131 Å². The topological polar surface area (TPSA) is 28.7 Å². The molecule has 0 saturated carbocycles. The Kier molecular flexibility index (Phi) is 3.70. The van der Waals surface area contributed by atoms with Gasteiger partial charge in [-0.25, -0.2) is 0 Å². The van der Waals surface area contributed by atoms with E-state index in [0.29, 0.717) is 15.1 Å². The van der Waals surface area contributed by atoms with Crippen LogP contribution in [0.15, 0.2) is 48.5 Å². The summed E-state index contributed by atoms with van der Waals surface area (Å²) in [7, 11) is 0. The van der Waals surface area contributed by atoms with Crippen molar-refractivity contribution in [2.75, 3.05) is 0 Å². The highest BCUT2D eigenvalue weighted by Gasteiger charge is 2.12. The van der Waals surface area contributed by atoms with Crippen LogP contribution < -0.4 is 0 Å². The van der Waals surface area contributed by atoms with Gasteiger partial charge in [-0.15, -0.1) is 0 Å². The second-order valence-electron chi connectivity index (χ2n) is 4.27. The minimum absolute atomic E-state index is 0.587. The molecule has 1 heterocycles. The molecule has 0 amide bonds. The van der Waals surface area contributed by atoms with E-state index in [0.717, 1.165) is 22.5 Å². The van der Waals surface area contributed by atoms with Gasteiger partial charge in [0, 0.05) is 16.1 Å². The molecule has 0 spiro atoms. The lowest BCUT2D eigenvalue weighted by Crippen LogP contribution is -1.81. The molecule has 0 unspecified atom stereocenters. The summed E-state index contributed by atoms with van der Waals surface area (Å²) in [5.74, 6) is 0. The van der Waals surface area contributed by atoms with E-state index in [1.54, 1.807) is 12.1 Å². The van der Waals surface area contributed by atoms with Crippen molar-refractivity contribution in [1.29, 1.82) is 0 Å². The van der Waals surface area contributed by atoms with Crippen molar-refractivity contribution in [1.82, 2.24) is 10.2 Å². The van der Waals surface area contributed by atoms with Gasteiger partial charge in [0.2, 0.25) is 0 Å². The van der Waals surface area contributed by atoms with Crippen molar-refractivity contribution in [3.05, 3.63) is 63.6 Å². The van der Waals surface area contributed by atoms with E-state index in [-0.39, 0.29) is 0 Å². The van der Waals surface area contributed by atoms with Crippen molar-refractivity contribution in [2.24, 2.45) is 0 Å². The van der Waals surface area contributed by atoms with Crippen molar-refractivity contribution < 1.29 is 0 Å². The summed E-state index contributed by atoms with van der Waals surface area (Å²) in [6, 6.07) is 14.8. The molecule has 2 nitrogen and oxygen atoms in total. The van der Waals surface area contributed by atoms with Gasteiger partial charge in [-0.1, -0.05) is 53.0 Å². The number of aromatic nitrogens is 2. The first-order valence-corrected chi connectivity index (χ1v) is 7.04. The third-order valence-corrected chi connectivity index (χ3v) is 3.83. The molecule has 0 bridgehead atoms. The first-order valence-electron chi connectivity index (χ1n) is 5.91. The molecular formula is C15H9Cl3N2. The zero-order valence-electron chi connectivity index (χ0n) is 10.2. The van der Waals surface area contributed by atoms with Crippen LogP contribution in [0.25, 0.3) is 22.5 Å². The van der Waals surface area contributed by atoms with Gasteiger partial charge in [-0.2, -0.15) is 5.10 Å². The Morgan fingerprint density at radius 1 is 0.850 bits per heavy atom. The number of hydrogen-bond donors (Lipinski definition) is 1. The molecule has 3 rings (SSSR count).